The Balaban J connectivity index is 1.62. The predicted octanol–water partition coefficient (Wildman–Crippen LogP) is 5.31. The highest BCUT2D eigenvalue weighted by Gasteiger charge is 2.44. The van der Waals surface area contributed by atoms with E-state index in [1.54, 1.807) is 11.1 Å². The van der Waals surface area contributed by atoms with Crippen LogP contribution in [0, 0.1) is 5.92 Å². The smallest absolute Gasteiger partial charge is 0.391 e. The molecule has 0 aliphatic heterocycles. The van der Waals surface area contributed by atoms with Gasteiger partial charge >= 0.3 is 18.2 Å². The van der Waals surface area contributed by atoms with Gasteiger partial charge in [0.15, 0.2) is 5.13 Å². The summed E-state index contributed by atoms with van der Waals surface area (Å²) in [6, 6.07) is -0.415. The van der Waals surface area contributed by atoms with Crippen molar-refractivity contribution in [3.05, 3.63) is 6.20 Å². The van der Waals surface area contributed by atoms with Crippen molar-refractivity contribution in [2.75, 3.05) is 18.2 Å². The second kappa shape index (κ2) is 10.2. The standard InChI is InChI=1S/C19H26F3N3O3S2/c1-28-15(26)11-29-16-10-23-17(30-16)24-18(27)25(13-4-2-3-5-13)14-8-6-12(7-9-14)19(20,21)22/h10,12-14H,2-9,11H2,1H3,(H,23,24,27). The van der Waals surface area contributed by atoms with E-state index in [-0.39, 0.29) is 42.7 Å². The number of urea groups is 1. The molecule has 11 heteroatoms. The Morgan fingerprint density at radius 2 is 1.83 bits per heavy atom. The van der Waals surface area contributed by atoms with Crippen molar-refractivity contribution in [1.82, 2.24) is 9.88 Å². The Labute approximate surface area is 181 Å². The van der Waals surface area contributed by atoms with Gasteiger partial charge in [0.25, 0.3) is 0 Å². The van der Waals surface area contributed by atoms with Gasteiger partial charge in [-0.05, 0) is 38.5 Å². The topological polar surface area (TPSA) is 71.5 Å². The summed E-state index contributed by atoms with van der Waals surface area (Å²) in [5.74, 6) is -1.46. The van der Waals surface area contributed by atoms with Gasteiger partial charge in [-0.15, -0.1) is 11.8 Å². The third kappa shape index (κ3) is 6.03. The van der Waals surface area contributed by atoms with Crippen molar-refractivity contribution in [2.45, 2.75) is 73.8 Å². The maximum Gasteiger partial charge on any atom is 0.391 e. The van der Waals surface area contributed by atoms with E-state index in [0.29, 0.717) is 18.0 Å². The fraction of sp³-hybridized carbons (Fsp3) is 0.737. The number of nitrogens with one attached hydrogen (secondary N) is 1. The van der Waals surface area contributed by atoms with E-state index >= 15 is 0 Å². The Morgan fingerprint density at radius 3 is 2.43 bits per heavy atom. The van der Waals surface area contributed by atoms with Crippen LogP contribution in [0.1, 0.15) is 51.4 Å². The fourth-order valence-electron chi connectivity index (χ4n) is 4.22. The number of aromatic nitrogens is 1. The number of hydrogen-bond donors (Lipinski definition) is 1. The average Bonchev–Trinajstić information content (AvgIpc) is 3.38. The van der Waals surface area contributed by atoms with Crippen LogP contribution in [0.25, 0.3) is 0 Å². The fourth-order valence-corrected chi connectivity index (χ4v) is 5.92. The van der Waals surface area contributed by atoms with Gasteiger partial charge in [0.2, 0.25) is 0 Å². The van der Waals surface area contributed by atoms with Crippen LogP contribution in [0.5, 0.6) is 0 Å². The number of hydrogen-bond acceptors (Lipinski definition) is 6. The summed E-state index contributed by atoms with van der Waals surface area (Å²) < 4.78 is 44.4. The number of nitrogens with zero attached hydrogens (tertiary/aromatic N) is 2. The largest absolute Gasteiger partial charge is 0.468 e. The van der Waals surface area contributed by atoms with Crippen molar-refractivity contribution in [1.29, 1.82) is 0 Å². The number of rotatable bonds is 6. The zero-order valence-corrected chi connectivity index (χ0v) is 18.4. The lowest BCUT2D eigenvalue weighted by Crippen LogP contribution is -2.50. The highest BCUT2D eigenvalue weighted by Crippen LogP contribution is 2.40. The molecular formula is C19H26F3N3O3S2. The Morgan fingerprint density at radius 1 is 1.20 bits per heavy atom. The quantitative estimate of drug-likeness (QED) is 0.456. The van der Waals surface area contributed by atoms with Crippen molar-refractivity contribution >= 4 is 40.2 Å². The summed E-state index contributed by atoms with van der Waals surface area (Å²) in [6.45, 7) is 0. The number of esters is 1. The van der Waals surface area contributed by atoms with Crippen molar-refractivity contribution in [2.24, 2.45) is 5.92 Å². The molecular weight excluding hydrogens is 439 g/mol. The first kappa shape index (κ1) is 23.2. The van der Waals surface area contributed by atoms with Gasteiger partial charge in [-0.2, -0.15) is 13.2 Å². The van der Waals surface area contributed by atoms with E-state index in [2.05, 4.69) is 15.0 Å². The lowest BCUT2D eigenvalue weighted by molar-refractivity contribution is -0.184. The molecule has 30 heavy (non-hydrogen) atoms. The van der Waals surface area contributed by atoms with Gasteiger partial charge in [0, 0.05) is 12.1 Å². The third-order valence-corrected chi connectivity index (χ3v) is 7.84. The lowest BCUT2D eigenvalue weighted by Gasteiger charge is -2.40. The van der Waals surface area contributed by atoms with Gasteiger partial charge in [-0.25, -0.2) is 9.78 Å². The Hall–Kier alpha value is -1.49. The van der Waals surface area contributed by atoms with E-state index in [0.717, 1.165) is 29.9 Å². The number of carbonyl (C=O) groups is 2. The number of thiazole rings is 1. The van der Waals surface area contributed by atoms with Gasteiger partial charge in [-0.1, -0.05) is 24.2 Å². The minimum absolute atomic E-state index is 0.0607. The molecule has 1 heterocycles. The first-order chi connectivity index (χ1) is 14.3. The number of alkyl halides is 3. The van der Waals surface area contributed by atoms with Crippen molar-refractivity contribution in [3.8, 4) is 0 Å². The molecule has 0 atom stereocenters. The first-order valence-corrected chi connectivity index (χ1v) is 11.9. The van der Waals surface area contributed by atoms with Crippen molar-refractivity contribution < 1.29 is 27.5 Å². The van der Waals surface area contributed by atoms with Gasteiger partial charge in [0.1, 0.15) is 0 Å². The number of amides is 2. The summed E-state index contributed by atoms with van der Waals surface area (Å²) in [6.07, 6.45) is 2.10. The summed E-state index contributed by atoms with van der Waals surface area (Å²) in [5, 5.41) is 3.24. The van der Waals surface area contributed by atoms with Crippen LogP contribution in [0.15, 0.2) is 10.4 Å². The summed E-state index contributed by atoms with van der Waals surface area (Å²) in [5.41, 5.74) is 0. The number of anilines is 1. The molecule has 168 valence electrons. The van der Waals surface area contributed by atoms with Gasteiger partial charge in [-0.3, -0.25) is 10.1 Å². The Bertz CT molecular complexity index is 730. The van der Waals surface area contributed by atoms with Crippen LogP contribution in [0.4, 0.5) is 23.1 Å². The molecule has 0 bridgehead atoms. The van der Waals surface area contributed by atoms with E-state index in [4.69, 9.17) is 0 Å². The number of methoxy groups -OCH3 is 1. The van der Waals surface area contributed by atoms with E-state index < -0.39 is 12.1 Å². The highest BCUT2D eigenvalue weighted by molar-refractivity contribution is 8.01. The summed E-state index contributed by atoms with van der Waals surface area (Å²) in [4.78, 5) is 30.3. The number of carbonyl (C=O) groups excluding carboxylic acids is 2. The molecule has 2 aliphatic carbocycles. The number of halogens is 3. The second-order valence-electron chi connectivity index (χ2n) is 7.67. The molecule has 1 N–H and O–H groups in total. The molecule has 0 aromatic carbocycles. The number of thioether (sulfide) groups is 1. The maximum absolute atomic E-state index is 13.1. The minimum atomic E-state index is -4.16. The summed E-state index contributed by atoms with van der Waals surface area (Å²) >= 11 is 2.54. The summed E-state index contributed by atoms with van der Waals surface area (Å²) in [7, 11) is 1.32. The maximum atomic E-state index is 13.1. The third-order valence-electron chi connectivity index (χ3n) is 5.76. The minimum Gasteiger partial charge on any atom is -0.468 e. The van der Waals surface area contributed by atoms with Gasteiger partial charge in [0.05, 0.1) is 29.2 Å². The van der Waals surface area contributed by atoms with E-state index in [1.807, 2.05) is 0 Å². The molecule has 0 unspecified atom stereocenters. The van der Waals surface area contributed by atoms with Crippen LogP contribution in [0.2, 0.25) is 0 Å². The van der Waals surface area contributed by atoms with Crippen LogP contribution < -0.4 is 5.32 Å². The monoisotopic (exact) mass is 465 g/mol. The Kier molecular flexibility index (Phi) is 7.89. The molecule has 2 saturated carbocycles. The van der Waals surface area contributed by atoms with Crippen LogP contribution >= 0.6 is 23.1 Å². The molecule has 2 amide bonds. The molecule has 0 saturated heterocycles. The molecule has 0 radical (unpaired) electrons. The highest BCUT2D eigenvalue weighted by atomic mass is 32.2. The van der Waals surface area contributed by atoms with Crippen LogP contribution in [-0.4, -0.2) is 53.0 Å². The van der Waals surface area contributed by atoms with E-state index in [1.165, 1.54) is 30.2 Å². The molecule has 1 aromatic heterocycles. The second-order valence-corrected chi connectivity index (χ2v) is 9.98. The molecule has 6 nitrogen and oxygen atoms in total. The normalized spacial score (nSPS) is 22.7. The SMILES string of the molecule is COC(=O)CSc1cnc(NC(=O)N(C2CCCC2)C2CCC(C(F)(F)F)CC2)s1. The zero-order chi connectivity index (χ0) is 21.7. The zero-order valence-electron chi connectivity index (χ0n) is 16.7. The molecule has 1 aromatic rings. The van der Waals surface area contributed by atoms with Crippen molar-refractivity contribution in [3.63, 3.8) is 0 Å². The number of ether oxygens (including phenoxy) is 1. The molecule has 0 spiro atoms. The van der Waals surface area contributed by atoms with Gasteiger partial charge < -0.3 is 9.64 Å². The molecule has 2 fully saturated rings. The average molecular weight is 466 g/mol. The van der Waals surface area contributed by atoms with Crippen LogP contribution in [0.3, 0.4) is 0 Å². The predicted molar refractivity (Wildman–Crippen MR) is 110 cm³/mol. The van der Waals surface area contributed by atoms with E-state index in [9.17, 15) is 22.8 Å². The molecule has 3 rings (SSSR count). The molecule has 2 aliphatic rings. The lowest BCUT2D eigenvalue weighted by atomic mass is 9.84. The van der Waals surface area contributed by atoms with Crippen LogP contribution in [-0.2, 0) is 9.53 Å². The first-order valence-electron chi connectivity index (χ1n) is 10.1.